The molecule has 0 atom stereocenters. The summed E-state index contributed by atoms with van der Waals surface area (Å²) in [6, 6.07) is 22.8. The third-order valence-corrected chi connectivity index (χ3v) is 4.80. The van der Waals surface area contributed by atoms with E-state index in [-0.39, 0.29) is 0 Å². The van der Waals surface area contributed by atoms with Gasteiger partial charge in [0.25, 0.3) is 5.22 Å². The maximum Gasteiger partial charge on any atom is 0.277 e. The summed E-state index contributed by atoms with van der Waals surface area (Å²) in [7, 11) is 0. The van der Waals surface area contributed by atoms with E-state index in [9.17, 15) is 0 Å². The molecule has 4 heteroatoms. The fraction of sp³-hybridized carbons (Fsp3) is 0.100. The first kappa shape index (κ1) is 15.0. The molecule has 0 unspecified atom stereocenters. The maximum atomic E-state index is 5.86. The average Bonchev–Trinajstić information content (AvgIpc) is 3.09. The summed E-state index contributed by atoms with van der Waals surface area (Å²) < 4.78 is 5.86. The standard InChI is InChI=1S/C20H16N2OS/c1-14-9-11-15(12-10-14)13-24-20-22-21-19(23-20)18-8-4-6-16-5-2-3-7-17(16)18/h2-12H,13H2,1H3. The second-order valence-corrected chi connectivity index (χ2v) is 6.60. The summed E-state index contributed by atoms with van der Waals surface area (Å²) in [6.07, 6.45) is 0. The van der Waals surface area contributed by atoms with Gasteiger partial charge in [-0.25, -0.2) is 0 Å². The van der Waals surface area contributed by atoms with Crippen molar-refractivity contribution >= 4 is 22.5 Å². The van der Waals surface area contributed by atoms with Crippen LogP contribution in [0.15, 0.2) is 76.4 Å². The Hall–Kier alpha value is -2.59. The van der Waals surface area contributed by atoms with Crippen molar-refractivity contribution in [2.24, 2.45) is 0 Å². The quantitative estimate of drug-likeness (QED) is 0.463. The van der Waals surface area contributed by atoms with Crippen LogP contribution in [0.1, 0.15) is 11.1 Å². The van der Waals surface area contributed by atoms with Crippen molar-refractivity contribution in [3.05, 3.63) is 77.9 Å². The van der Waals surface area contributed by atoms with Crippen LogP contribution in [0.2, 0.25) is 0 Å². The molecule has 4 aromatic rings. The molecule has 0 radical (unpaired) electrons. The van der Waals surface area contributed by atoms with Crippen molar-refractivity contribution < 1.29 is 4.42 Å². The monoisotopic (exact) mass is 332 g/mol. The van der Waals surface area contributed by atoms with Crippen LogP contribution in [0.5, 0.6) is 0 Å². The van der Waals surface area contributed by atoms with E-state index in [0.29, 0.717) is 11.1 Å². The van der Waals surface area contributed by atoms with Crippen LogP contribution >= 0.6 is 11.8 Å². The smallest absolute Gasteiger partial charge is 0.277 e. The Balaban J connectivity index is 1.57. The predicted molar refractivity (Wildman–Crippen MR) is 98.0 cm³/mol. The molecule has 4 rings (SSSR count). The van der Waals surface area contributed by atoms with Crippen molar-refractivity contribution in [1.82, 2.24) is 10.2 Å². The van der Waals surface area contributed by atoms with Gasteiger partial charge in [0.15, 0.2) is 0 Å². The Bertz CT molecular complexity index is 971. The zero-order chi connectivity index (χ0) is 16.4. The Labute approximate surface area is 144 Å². The van der Waals surface area contributed by atoms with E-state index >= 15 is 0 Å². The third kappa shape index (κ3) is 3.05. The summed E-state index contributed by atoms with van der Waals surface area (Å²) in [4.78, 5) is 0. The molecule has 0 spiro atoms. The molecule has 118 valence electrons. The molecule has 3 aromatic carbocycles. The number of thioether (sulfide) groups is 1. The van der Waals surface area contributed by atoms with Crippen molar-refractivity contribution in [1.29, 1.82) is 0 Å². The molecule has 0 fully saturated rings. The molecule has 0 aliphatic rings. The van der Waals surface area contributed by atoms with Crippen LogP contribution in [-0.4, -0.2) is 10.2 Å². The fourth-order valence-corrected chi connectivity index (χ4v) is 3.34. The Morgan fingerprint density at radius 2 is 1.67 bits per heavy atom. The van der Waals surface area contributed by atoms with Crippen LogP contribution in [0, 0.1) is 6.92 Å². The highest BCUT2D eigenvalue weighted by atomic mass is 32.2. The average molecular weight is 332 g/mol. The van der Waals surface area contributed by atoms with Crippen molar-refractivity contribution in [2.45, 2.75) is 17.9 Å². The molecule has 0 saturated heterocycles. The van der Waals surface area contributed by atoms with Crippen LogP contribution in [0.3, 0.4) is 0 Å². The van der Waals surface area contributed by atoms with Gasteiger partial charge in [0.1, 0.15) is 0 Å². The summed E-state index contributed by atoms with van der Waals surface area (Å²) >= 11 is 1.56. The number of aromatic nitrogens is 2. The molecular formula is C20H16N2OS. The summed E-state index contributed by atoms with van der Waals surface area (Å²) in [5.41, 5.74) is 3.48. The highest BCUT2D eigenvalue weighted by Gasteiger charge is 2.12. The van der Waals surface area contributed by atoms with E-state index in [1.165, 1.54) is 16.5 Å². The second-order valence-electron chi connectivity index (χ2n) is 5.67. The molecule has 1 aromatic heterocycles. The van der Waals surface area contributed by atoms with Gasteiger partial charge >= 0.3 is 0 Å². The van der Waals surface area contributed by atoms with Gasteiger partial charge in [-0.05, 0) is 29.3 Å². The van der Waals surface area contributed by atoms with Crippen molar-refractivity contribution in [3.63, 3.8) is 0 Å². The number of benzene rings is 3. The van der Waals surface area contributed by atoms with E-state index in [0.717, 1.165) is 16.7 Å². The first-order valence-corrected chi connectivity index (χ1v) is 8.78. The highest BCUT2D eigenvalue weighted by molar-refractivity contribution is 7.98. The largest absolute Gasteiger partial charge is 0.411 e. The number of rotatable bonds is 4. The normalized spacial score (nSPS) is 11.0. The Morgan fingerprint density at radius 1 is 0.875 bits per heavy atom. The topological polar surface area (TPSA) is 38.9 Å². The fourth-order valence-electron chi connectivity index (χ4n) is 2.62. The minimum absolute atomic E-state index is 0.568. The first-order chi connectivity index (χ1) is 11.8. The summed E-state index contributed by atoms with van der Waals surface area (Å²) in [6.45, 7) is 2.09. The third-order valence-electron chi connectivity index (χ3n) is 3.91. The lowest BCUT2D eigenvalue weighted by molar-refractivity contribution is 0.466. The van der Waals surface area contributed by atoms with Gasteiger partial charge in [0.2, 0.25) is 5.89 Å². The number of aryl methyl sites for hydroxylation is 1. The number of fused-ring (bicyclic) bond motifs is 1. The molecule has 24 heavy (non-hydrogen) atoms. The SMILES string of the molecule is Cc1ccc(CSc2nnc(-c3cccc4ccccc34)o2)cc1. The molecular weight excluding hydrogens is 316 g/mol. The first-order valence-electron chi connectivity index (χ1n) is 7.79. The zero-order valence-electron chi connectivity index (χ0n) is 13.3. The molecule has 3 nitrogen and oxygen atoms in total. The molecule has 0 saturated carbocycles. The molecule has 0 aliphatic heterocycles. The van der Waals surface area contributed by atoms with Gasteiger partial charge in [-0.2, -0.15) is 0 Å². The van der Waals surface area contributed by atoms with Gasteiger partial charge in [0.05, 0.1) is 0 Å². The van der Waals surface area contributed by atoms with E-state index in [4.69, 9.17) is 4.42 Å². The minimum Gasteiger partial charge on any atom is -0.411 e. The van der Waals surface area contributed by atoms with Crippen molar-refractivity contribution in [2.75, 3.05) is 0 Å². The molecule has 0 bridgehead atoms. The van der Waals surface area contributed by atoms with Crippen LogP contribution < -0.4 is 0 Å². The lowest BCUT2D eigenvalue weighted by Crippen LogP contribution is -1.81. The molecule has 0 N–H and O–H groups in total. The van der Waals surface area contributed by atoms with Gasteiger partial charge in [-0.15, -0.1) is 10.2 Å². The van der Waals surface area contributed by atoms with Gasteiger partial charge < -0.3 is 4.42 Å². The minimum atomic E-state index is 0.568. The lowest BCUT2D eigenvalue weighted by atomic mass is 10.0. The Kier molecular flexibility index (Phi) is 4.05. The molecule has 1 heterocycles. The van der Waals surface area contributed by atoms with Crippen LogP contribution in [0.4, 0.5) is 0 Å². The highest BCUT2D eigenvalue weighted by Crippen LogP contribution is 2.30. The Morgan fingerprint density at radius 3 is 2.54 bits per heavy atom. The van der Waals surface area contributed by atoms with Gasteiger partial charge in [-0.3, -0.25) is 0 Å². The van der Waals surface area contributed by atoms with Crippen LogP contribution in [-0.2, 0) is 5.75 Å². The summed E-state index contributed by atoms with van der Waals surface area (Å²) in [5, 5.41) is 11.3. The maximum absolute atomic E-state index is 5.86. The number of hydrogen-bond donors (Lipinski definition) is 0. The zero-order valence-corrected chi connectivity index (χ0v) is 14.1. The number of hydrogen-bond acceptors (Lipinski definition) is 4. The molecule has 0 amide bonds. The van der Waals surface area contributed by atoms with Gasteiger partial charge in [-0.1, -0.05) is 78.0 Å². The van der Waals surface area contributed by atoms with E-state index in [1.807, 2.05) is 24.3 Å². The van der Waals surface area contributed by atoms with E-state index in [1.54, 1.807) is 11.8 Å². The predicted octanol–water partition coefficient (Wildman–Crippen LogP) is 5.49. The van der Waals surface area contributed by atoms with E-state index < -0.39 is 0 Å². The lowest BCUT2D eigenvalue weighted by Gasteiger charge is -2.02. The van der Waals surface area contributed by atoms with E-state index in [2.05, 4.69) is 59.6 Å². The summed E-state index contributed by atoms with van der Waals surface area (Å²) in [5.74, 6) is 1.38. The molecule has 0 aliphatic carbocycles. The van der Waals surface area contributed by atoms with Gasteiger partial charge in [0, 0.05) is 11.3 Å². The second kappa shape index (κ2) is 6.49. The van der Waals surface area contributed by atoms with Crippen molar-refractivity contribution in [3.8, 4) is 11.5 Å². The van der Waals surface area contributed by atoms with Crippen LogP contribution in [0.25, 0.3) is 22.2 Å². The number of nitrogens with zero attached hydrogens (tertiary/aromatic N) is 2.